The third-order valence-electron chi connectivity index (χ3n) is 7.57. The molecule has 2 saturated heterocycles. The van der Waals surface area contributed by atoms with Crippen LogP contribution in [0.4, 0.5) is 0 Å². The minimum atomic E-state index is -2.96. The lowest BCUT2D eigenvalue weighted by Gasteiger charge is -2.50. The quantitative estimate of drug-likeness (QED) is 0.601. The number of hydrogen-bond acceptors (Lipinski definition) is 5. The van der Waals surface area contributed by atoms with Gasteiger partial charge in [-0.05, 0) is 56.8 Å². The Labute approximate surface area is 156 Å². The highest BCUT2D eigenvalue weighted by Crippen LogP contribution is 2.56. The Bertz CT molecular complexity index is 732. The predicted molar refractivity (Wildman–Crippen MR) is 100 cm³/mol. The van der Waals surface area contributed by atoms with E-state index in [9.17, 15) is 13.2 Å². The van der Waals surface area contributed by atoms with Crippen LogP contribution in [-0.4, -0.2) is 44.1 Å². The third kappa shape index (κ3) is 3.13. The first kappa shape index (κ1) is 18.5. The summed E-state index contributed by atoms with van der Waals surface area (Å²) >= 11 is 0. The van der Waals surface area contributed by atoms with E-state index >= 15 is 0 Å². The van der Waals surface area contributed by atoms with E-state index in [1.807, 2.05) is 6.92 Å². The molecular weight excluding hydrogens is 350 g/mol. The van der Waals surface area contributed by atoms with Crippen molar-refractivity contribution in [3.8, 4) is 0 Å². The summed E-state index contributed by atoms with van der Waals surface area (Å²) in [4.78, 5) is 12.6. The van der Waals surface area contributed by atoms with Gasteiger partial charge in [0, 0.05) is 18.0 Å². The molecule has 2 saturated carbocycles. The van der Waals surface area contributed by atoms with Crippen LogP contribution in [0, 0.1) is 23.2 Å². The van der Waals surface area contributed by atoms with Gasteiger partial charge < -0.3 is 10.1 Å². The monoisotopic (exact) mass is 381 g/mol. The predicted octanol–water partition coefficient (Wildman–Crippen LogP) is 2.47. The van der Waals surface area contributed by atoms with Crippen LogP contribution in [-0.2, 0) is 19.4 Å². The molecule has 6 heteroatoms. The summed E-state index contributed by atoms with van der Waals surface area (Å²) in [5, 5.41) is 3.41. The largest absolute Gasteiger partial charge is 0.462 e. The summed E-state index contributed by atoms with van der Waals surface area (Å²) in [7, 11) is -2.96. The first-order valence-corrected chi connectivity index (χ1v) is 11.8. The van der Waals surface area contributed by atoms with Gasteiger partial charge in [-0.15, -0.1) is 0 Å². The van der Waals surface area contributed by atoms with E-state index in [0.29, 0.717) is 18.9 Å². The van der Waals surface area contributed by atoms with Crippen LogP contribution in [0.1, 0.15) is 52.4 Å². The van der Waals surface area contributed by atoms with Crippen LogP contribution in [0.3, 0.4) is 0 Å². The summed E-state index contributed by atoms with van der Waals surface area (Å²) < 4.78 is 29.4. The fourth-order valence-corrected chi connectivity index (χ4v) is 8.12. The Morgan fingerprint density at radius 2 is 2.08 bits per heavy atom. The van der Waals surface area contributed by atoms with Gasteiger partial charge in [-0.2, -0.15) is 0 Å². The molecule has 2 aliphatic heterocycles. The van der Waals surface area contributed by atoms with Gasteiger partial charge in [0.2, 0.25) is 0 Å². The topological polar surface area (TPSA) is 72.5 Å². The number of hydrogen-bond donors (Lipinski definition) is 1. The maximum Gasteiger partial charge on any atom is 0.310 e. The molecule has 2 heterocycles. The molecule has 4 rings (SSSR count). The maximum absolute atomic E-state index is 12.6. The fraction of sp³-hybridized carbons (Fsp3) is 0.850. The summed E-state index contributed by atoms with van der Waals surface area (Å²) in [5.74, 6) is 0.830. The molecule has 5 nitrogen and oxygen atoms in total. The Morgan fingerprint density at radius 3 is 2.77 bits per heavy atom. The van der Waals surface area contributed by atoms with Crippen molar-refractivity contribution in [2.24, 2.45) is 23.2 Å². The molecule has 26 heavy (non-hydrogen) atoms. The zero-order valence-corrected chi connectivity index (χ0v) is 16.7. The van der Waals surface area contributed by atoms with Gasteiger partial charge in [-0.1, -0.05) is 19.1 Å². The number of carbonyl (C=O) groups excluding carboxylic acids is 1. The highest BCUT2D eigenvalue weighted by Gasteiger charge is 2.55. The lowest BCUT2D eigenvalue weighted by Crippen LogP contribution is -2.49. The van der Waals surface area contributed by atoms with E-state index < -0.39 is 15.4 Å². The average Bonchev–Trinajstić information content (AvgIpc) is 2.98. The van der Waals surface area contributed by atoms with E-state index in [0.717, 1.165) is 19.3 Å². The standard InChI is InChI=1S/C20H31NO4S/c1-13-5-4-6-19(2)10-17-14(9-16(13)19)15(18(22)25-17)11-21-20(3)7-8-26(23,24)12-20/h14-17,21H,1,4-12H2,2-3H3/t14-,15-,16+,17+,19-,20-/m1/s1. The van der Waals surface area contributed by atoms with E-state index in [1.165, 1.54) is 18.4 Å². The van der Waals surface area contributed by atoms with Crippen molar-refractivity contribution in [1.82, 2.24) is 5.32 Å². The summed E-state index contributed by atoms with van der Waals surface area (Å²) in [5.41, 5.74) is 1.14. The molecule has 146 valence electrons. The zero-order valence-electron chi connectivity index (χ0n) is 15.9. The second-order valence-electron chi connectivity index (χ2n) is 9.69. The van der Waals surface area contributed by atoms with Crippen LogP contribution in [0.25, 0.3) is 0 Å². The summed E-state index contributed by atoms with van der Waals surface area (Å²) in [6.07, 6.45) is 6.03. The molecule has 0 unspecified atom stereocenters. The molecule has 0 aromatic rings. The molecule has 6 atom stereocenters. The SMILES string of the molecule is C=C1CCC[C@]2(C)C[C@@H]3OC(=O)[C@H](CN[C@]4(C)CCS(=O)(=O)C4)[C@H]3C[C@@H]12. The Balaban J connectivity index is 1.47. The van der Waals surface area contributed by atoms with Crippen LogP contribution in [0.2, 0.25) is 0 Å². The fourth-order valence-electron chi connectivity index (χ4n) is 6.00. The minimum Gasteiger partial charge on any atom is -0.462 e. The number of ether oxygens (including phenoxy) is 1. The van der Waals surface area contributed by atoms with Gasteiger partial charge in [-0.3, -0.25) is 4.79 Å². The number of allylic oxidation sites excluding steroid dienone is 1. The van der Waals surface area contributed by atoms with E-state index in [-0.39, 0.29) is 40.8 Å². The van der Waals surface area contributed by atoms with Crippen LogP contribution in [0.15, 0.2) is 12.2 Å². The molecular formula is C20H31NO4S. The van der Waals surface area contributed by atoms with Gasteiger partial charge in [0.1, 0.15) is 6.10 Å². The molecule has 2 aliphatic carbocycles. The van der Waals surface area contributed by atoms with Gasteiger partial charge in [-0.25, -0.2) is 8.42 Å². The average molecular weight is 382 g/mol. The van der Waals surface area contributed by atoms with E-state index in [2.05, 4.69) is 18.8 Å². The van der Waals surface area contributed by atoms with Gasteiger partial charge in [0.25, 0.3) is 0 Å². The second kappa shape index (κ2) is 6.06. The van der Waals surface area contributed by atoms with Crippen molar-refractivity contribution in [3.05, 3.63) is 12.2 Å². The van der Waals surface area contributed by atoms with Crippen molar-refractivity contribution in [2.75, 3.05) is 18.1 Å². The molecule has 0 aromatic carbocycles. The first-order chi connectivity index (χ1) is 12.1. The van der Waals surface area contributed by atoms with Crippen molar-refractivity contribution in [3.63, 3.8) is 0 Å². The first-order valence-electron chi connectivity index (χ1n) is 9.95. The molecule has 4 aliphatic rings. The summed E-state index contributed by atoms with van der Waals surface area (Å²) in [6.45, 7) is 9.14. The summed E-state index contributed by atoms with van der Waals surface area (Å²) in [6, 6.07) is 0. The molecule has 0 aromatic heterocycles. The number of fused-ring (bicyclic) bond motifs is 2. The lowest BCUT2D eigenvalue weighted by molar-refractivity contribution is -0.146. The van der Waals surface area contributed by atoms with Crippen molar-refractivity contribution >= 4 is 15.8 Å². The Kier molecular flexibility index (Phi) is 4.31. The van der Waals surface area contributed by atoms with Gasteiger partial charge in [0.15, 0.2) is 9.84 Å². The van der Waals surface area contributed by atoms with Gasteiger partial charge in [0.05, 0.1) is 17.4 Å². The second-order valence-corrected chi connectivity index (χ2v) is 11.9. The van der Waals surface area contributed by atoms with E-state index in [4.69, 9.17) is 4.74 Å². The highest BCUT2D eigenvalue weighted by atomic mass is 32.2. The molecule has 4 fully saturated rings. The van der Waals surface area contributed by atoms with Crippen molar-refractivity contribution in [1.29, 1.82) is 0 Å². The normalized spacial score (nSPS) is 47.3. The van der Waals surface area contributed by atoms with Crippen molar-refractivity contribution < 1.29 is 17.9 Å². The van der Waals surface area contributed by atoms with Crippen molar-refractivity contribution in [2.45, 2.75) is 64.0 Å². The Morgan fingerprint density at radius 1 is 1.31 bits per heavy atom. The number of carbonyl (C=O) groups is 1. The van der Waals surface area contributed by atoms with Crippen LogP contribution in [0.5, 0.6) is 0 Å². The molecule has 0 amide bonds. The minimum absolute atomic E-state index is 0.0153. The molecule has 1 N–H and O–H groups in total. The van der Waals surface area contributed by atoms with Crippen LogP contribution >= 0.6 is 0 Å². The maximum atomic E-state index is 12.6. The van der Waals surface area contributed by atoms with Gasteiger partial charge >= 0.3 is 5.97 Å². The van der Waals surface area contributed by atoms with E-state index in [1.54, 1.807) is 0 Å². The molecule has 0 radical (unpaired) electrons. The molecule has 0 spiro atoms. The highest BCUT2D eigenvalue weighted by molar-refractivity contribution is 7.91. The smallest absolute Gasteiger partial charge is 0.310 e. The number of nitrogens with one attached hydrogen (secondary N) is 1. The zero-order chi connectivity index (χ0) is 18.7. The molecule has 0 bridgehead atoms. The number of rotatable bonds is 3. The number of esters is 1. The lowest BCUT2D eigenvalue weighted by atomic mass is 9.55. The number of sulfone groups is 1. The van der Waals surface area contributed by atoms with Crippen LogP contribution < -0.4 is 5.32 Å². The third-order valence-corrected chi connectivity index (χ3v) is 9.48. The Hall–Kier alpha value is -0.880.